The average Bonchev–Trinajstić information content (AvgIpc) is 2.35. The molecule has 0 spiro atoms. The zero-order chi connectivity index (χ0) is 12.8. The first-order valence-corrected chi connectivity index (χ1v) is 5.91. The molecule has 0 aliphatic rings. The summed E-state index contributed by atoms with van der Waals surface area (Å²) in [5.41, 5.74) is 0.686. The summed E-state index contributed by atoms with van der Waals surface area (Å²) in [5.74, 6) is 0.668. The van der Waals surface area contributed by atoms with E-state index in [1.807, 2.05) is 0 Å². The number of nitrogens with zero attached hydrogens (tertiary/aromatic N) is 1. The molecule has 1 aromatic rings. The lowest BCUT2D eigenvalue weighted by atomic mass is 10.2. The Balaban J connectivity index is 2.52. The van der Waals surface area contributed by atoms with Gasteiger partial charge in [0.1, 0.15) is 12.4 Å². The quantitative estimate of drug-likeness (QED) is 0.665. The summed E-state index contributed by atoms with van der Waals surface area (Å²) in [5, 5.41) is 0. The van der Waals surface area contributed by atoms with Crippen molar-refractivity contribution in [1.82, 2.24) is 3.82 Å². The average molecular weight is 280 g/mol. The van der Waals surface area contributed by atoms with Gasteiger partial charge in [0.25, 0.3) is 0 Å². The third kappa shape index (κ3) is 4.12. The Kier molecular flexibility index (Phi) is 5.05. The predicted molar refractivity (Wildman–Crippen MR) is 61.2 cm³/mol. The number of thiol groups is 1. The lowest BCUT2D eigenvalue weighted by Gasteiger charge is -2.07. The molecule has 6 nitrogen and oxygen atoms in total. The largest absolute Gasteiger partial charge is 0.497 e. The monoisotopic (exact) mass is 279 g/mol. The number of ether oxygens (including phenoxy) is 2. The molecule has 0 radical (unpaired) electrons. The normalized spacial score (nSPS) is 10.1. The highest BCUT2D eigenvalue weighted by molar-refractivity contribution is 7.71. The molecule has 1 amide bonds. The molecule has 0 aromatic heterocycles. The summed E-state index contributed by atoms with van der Waals surface area (Å²) in [4.78, 5) is 11.0. The van der Waals surface area contributed by atoms with Crippen LogP contribution in [-0.4, -0.2) is 25.4 Å². The van der Waals surface area contributed by atoms with Crippen LogP contribution in [-0.2, 0) is 22.2 Å². The van der Waals surface area contributed by atoms with Crippen molar-refractivity contribution in [1.29, 1.82) is 0 Å². The molecule has 1 rings (SSSR count). The number of benzene rings is 1. The minimum Gasteiger partial charge on any atom is -0.497 e. The molecule has 0 bridgehead atoms. The molecule has 0 atom stereocenters. The molecule has 0 N–H and O–H groups in total. The van der Waals surface area contributed by atoms with Crippen molar-refractivity contribution in [2.45, 2.75) is 6.61 Å². The van der Waals surface area contributed by atoms with Gasteiger partial charge in [-0.1, -0.05) is 12.1 Å². The van der Waals surface area contributed by atoms with Crippen LogP contribution in [0.3, 0.4) is 0 Å². The van der Waals surface area contributed by atoms with E-state index in [0.717, 1.165) is 0 Å². The highest BCUT2D eigenvalue weighted by Gasteiger charge is 2.14. The molecule has 0 aliphatic heterocycles. The van der Waals surface area contributed by atoms with Crippen LogP contribution in [0, 0.1) is 0 Å². The number of amides is 1. The van der Waals surface area contributed by atoms with Crippen LogP contribution in [0.5, 0.6) is 5.75 Å². The number of hydrogen-bond donors (Lipinski definition) is 1. The molecule has 0 saturated carbocycles. The molecule has 94 valence electrons. The van der Waals surface area contributed by atoms with E-state index in [2.05, 4.69) is 4.74 Å². The molecule has 1 aromatic carbocycles. The van der Waals surface area contributed by atoms with E-state index in [1.165, 1.54) is 7.11 Å². The summed E-state index contributed by atoms with van der Waals surface area (Å²) < 4.78 is 30.3. The topological polar surface area (TPSA) is 72.9 Å². The first-order chi connectivity index (χ1) is 8.04. The summed E-state index contributed by atoms with van der Waals surface area (Å²) in [6, 6.07) is 6.75. The van der Waals surface area contributed by atoms with Gasteiger partial charge in [0, 0.05) is 11.8 Å². The van der Waals surface area contributed by atoms with Crippen molar-refractivity contribution in [2.75, 3.05) is 7.11 Å². The molecule has 0 saturated heterocycles. The second-order valence-electron chi connectivity index (χ2n) is 2.90. The maximum Gasteiger partial charge on any atom is 0.439 e. The van der Waals surface area contributed by atoms with Gasteiger partial charge >= 0.3 is 6.09 Å². The van der Waals surface area contributed by atoms with Gasteiger partial charge in [-0.3, -0.25) is 0 Å². The summed E-state index contributed by atoms with van der Waals surface area (Å²) in [6.07, 6.45) is -1.14. The van der Waals surface area contributed by atoms with Gasteiger partial charge in [-0.2, -0.15) is 0 Å². The van der Waals surface area contributed by atoms with E-state index < -0.39 is 17.0 Å². The van der Waals surface area contributed by atoms with E-state index in [-0.39, 0.29) is 10.4 Å². The van der Waals surface area contributed by atoms with E-state index >= 15 is 0 Å². The number of hydrogen-bond acceptors (Lipinski definition) is 5. The number of rotatable bonds is 4. The van der Waals surface area contributed by atoms with E-state index in [0.29, 0.717) is 11.3 Å². The molecule has 17 heavy (non-hydrogen) atoms. The third-order valence-corrected chi connectivity index (χ3v) is 2.77. The van der Waals surface area contributed by atoms with Gasteiger partial charge in [-0.25, -0.2) is 13.2 Å². The van der Waals surface area contributed by atoms with Crippen LogP contribution in [0.15, 0.2) is 24.3 Å². The van der Waals surface area contributed by atoms with Gasteiger partial charge in [-0.05, 0) is 17.7 Å². The maximum absolute atomic E-state index is 11.0. The Hall–Kier alpha value is -1.47. The van der Waals surface area contributed by atoms with Crippen LogP contribution in [0.4, 0.5) is 4.79 Å². The standard InChI is InChI=1S/C9H10ClNO5S/c1-15-8-4-2-7(3-5-8)6-16-9(12)11(10)17(13)14/h2-5,17H,6H2,1H3. The van der Waals surface area contributed by atoms with E-state index in [4.69, 9.17) is 16.5 Å². The second kappa shape index (κ2) is 6.31. The lowest BCUT2D eigenvalue weighted by molar-refractivity contribution is 0.133. The van der Waals surface area contributed by atoms with Crippen LogP contribution in [0.2, 0.25) is 0 Å². The Labute approximate surface area is 105 Å². The van der Waals surface area contributed by atoms with Crippen molar-refractivity contribution in [2.24, 2.45) is 0 Å². The predicted octanol–water partition coefficient (Wildman–Crippen LogP) is 1.31. The number of carbonyl (C=O) groups excluding carboxylic acids is 1. The molecule has 0 unspecified atom stereocenters. The van der Waals surface area contributed by atoms with Crippen LogP contribution < -0.4 is 4.74 Å². The Morgan fingerprint density at radius 3 is 2.41 bits per heavy atom. The Morgan fingerprint density at radius 1 is 1.35 bits per heavy atom. The number of methoxy groups -OCH3 is 1. The minimum absolute atomic E-state index is 0.0150. The van der Waals surface area contributed by atoms with Gasteiger partial charge < -0.3 is 9.47 Å². The molecular weight excluding hydrogens is 270 g/mol. The first-order valence-electron chi connectivity index (χ1n) is 4.44. The zero-order valence-electron chi connectivity index (χ0n) is 8.83. The summed E-state index contributed by atoms with van der Waals surface area (Å²) in [6.45, 7) is -0.0742. The number of carbonyl (C=O) groups is 1. The SMILES string of the molecule is COc1ccc(COC(=O)N(Cl)[SH](=O)=O)cc1. The second-order valence-corrected chi connectivity index (χ2v) is 4.35. The van der Waals surface area contributed by atoms with Gasteiger partial charge in [0.05, 0.1) is 7.11 Å². The van der Waals surface area contributed by atoms with Crippen molar-refractivity contribution >= 4 is 28.8 Å². The molecule has 8 heteroatoms. The van der Waals surface area contributed by atoms with Gasteiger partial charge in [-0.15, -0.1) is 3.82 Å². The zero-order valence-corrected chi connectivity index (χ0v) is 10.5. The Bertz CT molecular complexity index is 451. The van der Waals surface area contributed by atoms with Crippen LogP contribution in [0.25, 0.3) is 0 Å². The lowest BCUT2D eigenvalue weighted by Crippen LogP contribution is -2.20. The molecule has 0 heterocycles. The van der Waals surface area contributed by atoms with E-state index in [9.17, 15) is 13.2 Å². The van der Waals surface area contributed by atoms with Crippen molar-refractivity contribution in [3.63, 3.8) is 0 Å². The van der Waals surface area contributed by atoms with E-state index in [1.54, 1.807) is 24.3 Å². The maximum atomic E-state index is 11.0. The Morgan fingerprint density at radius 2 is 1.94 bits per heavy atom. The fourth-order valence-corrected chi connectivity index (χ4v) is 1.23. The summed E-state index contributed by atoms with van der Waals surface area (Å²) >= 11 is 5.12. The third-order valence-electron chi connectivity index (χ3n) is 1.82. The number of halogens is 1. The smallest absolute Gasteiger partial charge is 0.439 e. The van der Waals surface area contributed by atoms with Crippen molar-refractivity contribution in [3.8, 4) is 5.75 Å². The van der Waals surface area contributed by atoms with Crippen molar-refractivity contribution in [3.05, 3.63) is 29.8 Å². The highest BCUT2D eigenvalue weighted by Crippen LogP contribution is 2.12. The van der Waals surface area contributed by atoms with Crippen molar-refractivity contribution < 1.29 is 22.7 Å². The highest BCUT2D eigenvalue weighted by atomic mass is 35.5. The first kappa shape index (κ1) is 13.6. The van der Waals surface area contributed by atoms with Crippen LogP contribution >= 0.6 is 11.8 Å². The molecule has 0 aliphatic carbocycles. The minimum atomic E-state index is -3.19. The molecule has 0 fully saturated rings. The summed E-state index contributed by atoms with van der Waals surface area (Å²) in [7, 11) is -1.65. The van der Waals surface area contributed by atoms with Crippen LogP contribution in [0.1, 0.15) is 5.56 Å². The fraction of sp³-hybridized carbons (Fsp3) is 0.222. The fourth-order valence-electron chi connectivity index (χ4n) is 0.987. The molecular formula is C9H10ClNO5S. The van der Waals surface area contributed by atoms with Gasteiger partial charge in [0.2, 0.25) is 10.9 Å². The van der Waals surface area contributed by atoms with Gasteiger partial charge in [0.15, 0.2) is 0 Å².